The second kappa shape index (κ2) is 4.61. The Labute approximate surface area is 84.4 Å². The minimum atomic E-state index is -3.23. The van der Waals surface area contributed by atoms with E-state index in [2.05, 4.69) is 15.3 Å². The number of nitrogens with zero attached hydrogens (tertiary/aromatic N) is 3. The zero-order chi connectivity index (χ0) is 11.3. The molecule has 0 aliphatic rings. The highest BCUT2D eigenvalue weighted by atomic mass is 19.3. The second-order valence-corrected chi connectivity index (χ2v) is 2.74. The molecule has 0 aliphatic heterocycles. The number of aromatic nitrogens is 2. The molecule has 15 heavy (non-hydrogen) atoms. The first-order valence-electron chi connectivity index (χ1n) is 4.03. The average Bonchev–Trinajstić information content (AvgIpc) is 2.27. The highest BCUT2D eigenvalue weighted by Crippen LogP contribution is 2.12. The van der Waals surface area contributed by atoms with E-state index in [-0.39, 0.29) is 11.6 Å². The van der Waals surface area contributed by atoms with Crippen molar-refractivity contribution >= 4 is 5.95 Å². The Hall–Kier alpha value is -1.81. The fourth-order valence-corrected chi connectivity index (χ4v) is 0.770. The zero-order valence-corrected chi connectivity index (χ0v) is 7.61. The second-order valence-electron chi connectivity index (χ2n) is 2.74. The van der Waals surface area contributed by atoms with Crippen molar-refractivity contribution in [3.8, 4) is 6.07 Å². The standard InChI is InChI=1S/C8H8F2N4O/c9-8(10,5-15)4-13-7-12-2-1-6(3-11)14-7/h1-2,15H,4-5H2,(H,12,13,14). The maximum atomic E-state index is 12.6. The van der Waals surface area contributed by atoms with Gasteiger partial charge in [-0.3, -0.25) is 0 Å². The molecule has 1 rings (SSSR count). The molecule has 0 spiro atoms. The van der Waals surface area contributed by atoms with Crippen LogP contribution >= 0.6 is 0 Å². The van der Waals surface area contributed by atoms with Crippen molar-refractivity contribution < 1.29 is 13.9 Å². The van der Waals surface area contributed by atoms with Crippen LogP contribution in [0.25, 0.3) is 0 Å². The Balaban J connectivity index is 2.62. The molecule has 0 radical (unpaired) electrons. The minimum absolute atomic E-state index is 0.0674. The van der Waals surface area contributed by atoms with Crippen molar-refractivity contribution in [2.45, 2.75) is 5.92 Å². The van der Waals surface area contributed by atoms with Crippen LogP contribution in [-0.4, -0.2) is 34.1 Å². The molecule has 0 bridgehead atoms. The van der Waals surface area contributed by atoms with Crippen molar-refractivity contribution in [2.75, 3.05) is 18.5 Å². The van der Waals surface area contributed by atoms with Crippen LogP contribution in [0, 0.1) is 11.3 Å². The summed E-state index contributed by atoms with van der Waals surface area (Å²) in [6.45, 7) is -2.03. The van der Waals surface area contributed by atoms with Gasteiger partial charge in [0, 0.05) is 6.20 Å². The van der Waals surface area contributed by atoms with E-state index in [1.165, 1.54) is 12.3 Å². The van der Waals surface area contributed by atoms with Gasteiger partial charge in [-0.15, -0.1) is 0 Å². The fraction of sp³-hybridized carbons (Fsp3) is 0.375. The van der Waals surface area contributed by atoms with Gasteiger partial charge in [0.15, 0.2) is 0 Å². The zero-order valence-electron chi connectivity index (χ0n) is 7.61. The number of aliphatic hydroxyl groups excluding tert-OH is 1. The Morgan fingerprint density at radius 3 is 2.93 bits per heavy atom. The van der Waals surface area contributed by atoms with Gasteiger partial charge in [-0.2, -0.15) is 5.26 Å². The van der Waals surface area contributed by atoms with Gasteiger partial charge in [-0.05, 0) is 6.07 Å². The van der Waals surface area contributed by atoms with E-state index < -0.39 is 19.1 Å². The van der Waals surface area contributed by atoms with Gasteiger partial charge >= 0.3 is 0 Å². The molecular weight excluding hydrogens is 206 g/mol. The highest BCUT2D eigenvalue weighted by Gasteiger charge is 2.27. The summed E-state index contributed by atoms with van der Waals surface area (Å²) < 4.78 is 25.2. The number of hydrogen-bond acceptors (Lipinski definition) is 5. The first-order chi connectivity index (χ1) is 7.07. The minimum Gasteiger partial charge on any atom is -0.390 e. The van der Waals surface area contributed by atoms with Crippen molar-refractivity contribution in [1.29, 1.82) is 5.26 Å². The molecule has 0 amide bonds. The van der Waals surface area contributed by atoms with E-state index in [0.717, 1.165) is 0 Å². The van der Waals surface area contributed by atoms with Gasteiger partial charge in [0.2, 0.25) is 5.95 Å². The van der Waals surface area contributed by atoms with E-state index in [1.54, 1.807) is 6.07 Å². The van der Waals surface area contributed by atoms with Crippen LogP contribution in [-0.2, 0) is 0 Å². The van der Waals surface area contributed by atoms with Gasteiger partial charge in [0.25, 0.3) is 5.92 Å². The molecule has 1 heterocycles. The number of halogens is 2. The molecule has 0 fully saturated rings. The van der Waals surface area contributed by atoms with Crippen LogP contribution < -0.4 is 5.32 Å². The lowest BCUT2D eigenvalue weighted by molar-refractivity contribution is -0.0374. The van der Waals surface area contributed by atoms with Crippen LogP contribution in [0.2, 0.25) is 0 Å². The van der Waals surface area contributed by atoms with E-state index in [1.807, 2.05) is 0 Å². The smallest absolute Gasteiger partial charge is 0.287 e. The monoisotopic (exact) mass is 214 g/mol. The number of nitriles is 1. The van der Waals surface area contributed by atoms with Gasteiger partial charge in [0.1, 0.15) is 18.4 Å². The summed E-state index contributed by atoms with van der Waals surface area (Å²) in [4.78, 5) is 7.27. The largest absolute Gasteiger partial charge is 0.390 e. The summed E-state index contributed by atoms with van der Waals surface area (Å²) in [5.41, 5.74) is 0.0832. The van der Waals surface area contributed by atoms with Gasteiger partial charge in [-0.25, -0.2) is 18.7 Å². The molecule has 7 heteroatoms. The van der Waals surface area contributed by atoms with Crippen LogP contribution in [0.4, 0.5) is 14.7 Å². The Morgan fingerprint density at radius 1 is 1.60 bits per heavy atom. The molecule has 1 aromatic heterocycles. The number of anilines is 1. The quantitative estimate of drug-likeness (QED) is 0.757. The Morgan fingerprint density at radius 2 is 2.33 bits per heavy atom. The number of alkyl halides is 2. The lowest BCUT2D eigenvalue weighted by atomic mass is 10.3. The van der Waals surface area contributed by atoms with Crippen molar-refractivity contribution in [3.05, 3.63) is 18.0 Å². The van der Waals surface area contributed by atoms with Crippen molar-refractivity contribution in [2.24, 2.45) is 0 Å². The molecule has 5 nitrogen and oxygen atoms in total. The lowest BCUT2D eigenvalue weighted by Crippen LogP contribution is -2.31. The van der Waals surface area contributed by atoms with Gasteiger partial charge < -0.3 is 10.4 Å². The lowest BCUT2D eigenvalue weighted by Gasteiger charge is -2.13. The van der Waals surface area contributed by atoms with E-state index in [0.29, 0.717) is 0 Å². The maximum absolute atomic E-state index is 12.6. The normalized spacial score (nSPS) is 10.8. The summed E-state index contributed by atoms with van der Waals surface area (Å²) in [7, 11) is 0. The molecule has 0 saturated carbocycles. The van der Waals surface area contributed by atoms with Crippen LogP contribution in [0.15, 0.2) is 12.3 Å². The molecule has 0 unspecified atom stereocenters. The molecule has 1 aromatic rings. The number of rotatable bonds is 4. The topological polar surface area (TPSA) is 81.8 Å². The predicted molar refractivity (Wildman–Crippen MR) is 47.3 cm³/mol. The number of nitrogens with one attached hydrogen (secondary N) is 1. The summed E-state index contributed by atoms with van der Waals surface area (Å²) in [6, 6.07) is 3.11. The third-order valence-corrected chi connectivity index (χ3v) is 1.51. The van der Waals surface area contributed by atoms with Gasteiger partial charge in [-0.1, -0.05) is 0 Å². The van der Waals surface area contributed by atoms with Crippen LogP contribution in [0.3, 0.4) is 0 Å². The number of hydrogen-bond donors (Lipinski definition) is 2. The van der Waals surface area contributed by atoms with E-state index >= 15 is 0 Å². The molecule has 0 atom stereocenters. The predicted octanol–water partition coefficient (Wildman–Crippen LogP) is 0.388. The average molecular weight is 214 g/mol. The first kappa shape index (κ1) is 11.3. The SMILES string of the molecule is N#Cc1ccnc(NCC(F)(F)CO)n1. The maximum Gasteiger partial charge on any atom is 0.287 e. The summed E-state index contributed by atoms with van der Waals surface area (Å²) in [5.74, 6) is -3.30. The van der Waals surface area contributed by atoms with Crippen molar-refractivity contribution in [1.82, 2.24) is 9.97 Å². The van der Waals surface area contributed by atoms with Crippen LogP contribution in [0.1, 0.15) is 5.69 Å². The van der Waals surface area contributed by atoms with Crippen molar-refractivity contribution in [3.63, 3.8) is 0 Å². The fourth-order valence-electron chi connectivity index (χ4n) is 0.770. The molecule has 0 saturated heterocycles. The highest BCUT2D eigenvalue weighted by molar-refractivity contribution is 5.30. The first-order valence-corrected chi connectivity index (χ1v) is 4.03. The number of aliphatic hydroxyl groups is 1. The molecule has 0 aromatic carbocycles. The molecule has 80 valence electrons. The molecule has 0 aliphatic carbocycles. The summed E-state index contributed by atoms with van der Waals surface area (Å²) in [6.07, 6.45) is 1.28. The Bertz CT molecular complexity index is 377. The summed E-state index contributed by atoms with van der Waals surface area (Å²) >= 11 is 0. The van der Waals surface area contributed by atoms with E-state index in [9.17, 15) is 8.78 Å². The van der Waals surface area contributed by atoms with Crippen LogP contribution in [0.5, 0.6) is 0 Å². The molecule has 2 N–H and O–H groups in total. The third-order valence-electron chi connectivity index (χ3n) is 1.51. The van der Waals surface area contributed by atoms with Gasteiger partial charge in [0.05, 0.1) is 6.54 Å². The molecular formula is C8H8F2N4O. The Kier molecular flexibility index (Phi) is 3.46. The van der Waals surface area contributed by atoms with E-state index in [4.69, 9.17) is 10.4 Å². The third kappa shape index (κ3) is 3.44. The summed E-state index contributed by atoms with van der Waals surface area (Å²) in [5, 5.41) is 19.0.